The number of anilines is 1. The normalized spacial score (nSPS) is 15.1. The van der Waals surface area contributed by atoms with Gasteiger partial charge in [-0.3, -0.25) is 14.3 Å². The molecular weight excluding hydrogens is 383 g/mol. The predicted octanol–water partition coefficient (Wildman–Crippen LogP) is 3.42. The first-order valence-corrected chi connectivity index (χ1v) is 10.1. The molecular formula is C23H21FN4O2. The summed E-state index contributed by atoms with van der Waals surface area (Å²) in [6.07, 6.45) is 3.28. The molecule has 30 heavy (non-hydrogen) atoms. The second-order valence-corrected chi connectivity index (χ2v) is 7.78. The lowest BCUT2D eigenvalue weighted by molar-refractivity contribution is 0.0683. The summed E-state index contributed by atoms with van der Waals surface area (Å²) in [6, 6.07) is 13.6. The molecule has 1 aliphatic carbocycles. The highest BCUT2D eigenvalue weighted by atomic mass is 19.1. The summed E-state index contributed by atoms with van der Waals surface area (Å²) in [4.78, 5) is 27.3. The van der Waals surface area contributed by atoms with Crippen molar-refractivity contribution in [3.8, 4) is 0 Å². The number of hydrogen-bond donors (Lipinski definition) is 1. The van der Waals surface area contributed by atoms with Gasteiger partial charge in [-0.2, -0.15) is 5.10 Å². The molecule has 0 atom stereocenters. The third kappa shape index (κ3) is 3.47. The van der Waals surface area contributed by atoms with Crippen molar-refractivity contribution >= 4 is 17.5 Å². The van der Waals surface area contributed by atoms with Gasteiger partial charge in [0.15, 0.2) is 5.69 Å². The minimum atomic E-state index is -0.326. The Morgan fingerprint density at radius 3 is 2.67 bits per heavy atom. The molecule has 0 saturated carbocycles. The number of amides is 2. The topological polar surface area (TPSA) is 67.2 Å². The molecule has 1 aromatic heterocycles. The number of halogens is 1. The summed E-state index contributed by atoms with van der Waals surface area (Å²) < 4.78 is 14.7. The fourth-order valence-electron chi connectivity index (χ4n) is 4.16. The monoisotopic (exact) mass is 404 g/mol. The molecule has 0 bridgehead atoms. The van der Waals surface area contributed by atoms with Gasteiger partial charge < -0.3 is 10.2 Å². The maximum Gasteiger partial charge on any atom is 0.276 e. The van der Waals surface area contributed by atoms with Crippen molar-refractivity contribution in [3.05, 3.63) is 82.4 Å². The molecule has 0 saturated heterocycles. The zero-order chi connectivity index (χ0) is 20.7. The van der Waals surface area contributed by atoms with E-state index in [4.69, 9.17) is 0 Å². The second kappa shape index (κ2) is 7.40. The molecule has 2 aromatic carbocycles. The van der Waals surface area contributed by atoms with E-state index in [-0.39, 0.29) is 23.3 Å². The van der Waals surface area contributed by atoms with Gasteiger partial charge >= 0.3 is 0 Å². The molecule has 0 radical (unpaired) electrons. The van der Waals surface area contributed by atoms with Crippen LogP contribution in [-0.2, 0) is 25.9 Å². The number of nitrogens with one attached hydrogen (secondary N) is 1. The largest absolute Gasteiger partial charge is 0.331 e. The minimum absolute atomic E-state index is 0.186. The summed E-state index contributed by atoms with van der Waals surface area (Å²) in [5.74, 6) is -0.816. The van der Waals surface area contributed by atoms with Gasteiger partial charge in [0.2, 0.25) is 0 Å². The van der Waals surface area contributed by atoms with E-state index < -0.39 is 0 Å². The Kier molecular flexibility index (Phi) is 4.58. The van der Waals surface area contributed by atoms with Crippen LogP contribution in [0.1, 0.15) is 44.1 Å². The lowest BCUT2D eigenvalue weighted by Crippen LogP contribution is -2.39. The van der Waals surface area contributed by atoms with Crippen LogP contribution in [0.4, 0.5) is 10.1 Å². The Labute approximate surface area is 173 Å². The van der Waals surface area contributed by atoms with E-state index in [0.29, 0.717) is 25.3 Å². The van der Waals surface area contributed by atoms with Crippen molar-refractivity contribution in [2.75, 3.05) is 11.9 Å². The fourth-order valence-corrected chi connectivity index (χ4v) is 4.16. The molecule has 0 unspecified atom stereocenters. The standard InChI is InChI=1S/C23H21FN4O2/c24-18-7-4-15(5-8-18)14-27-10-11-28-21(23(27)30)13-20(26-28)22(29)25-19-9-6-16-2-1-3-17(16)12-19/h4-9,12-13H,1-3,10-11,14H2,(H,25,29). The van der Waals surface area contributed by atoms with Gasteiger partial charge in [-0.1, -0.05) is 18.2 Å². The molecule has 6 nitrogen and oxygen atoms in total. The van der Waals surface area contributed by atoms with Crippen molar-refractivity contribution < 1.29 is 14.0 Å². The smallest absolute Gasteiger partial charge is 0.276 e. The van der Waals surface area contributed by atoms with E-state index >= 15 is 0 Å². The van der Waals surface area contributed by atoms with E-state index in [9.17, 15) is 14.0 Å². The highest BCUT2D eigenvalue weighted by Crippen LogP contribution is 2.25. The first kappa shape index (κ1) is 18.5. The Morgan fingerprint density at radius 1 is 1.03 bits per heavy atom. The van der Waals surface area contributed by atoms with Crippen LogP contribution in [0.2, 0.25) is 0 Å². The zero-order valence-corrected chi connectivity index (χ0v) is 16.4. The molecule has 0 spiro atoms. The highest BCUT2D eigenvalue weighted by molar-refractivity contribution is 6.04. The van der Waals surface area contributed by atoms with Crippen LogP contribution in [0, 0.1) is 5.82 Å². The highest BCUT2D eigenvalue weighted by Gasteiger charge is 2.28. The number of nitrogens with zero attached hydrogens (tertiary/aromatic N) is 3. The first-order chi connectivity index (χ1) is 14.6. The number of fused-ring (bicyclic) bond motifs is 2. The van der Waals surface area contributed by atoms with Gasteiger partial charge in [0.1, 0.15) is 11.5 Å². The number of aromatic nitrogens is 2. The average molecular weight is 404 g/mol. The number of aryl methyl sites for hydroxylation is 2. The average Bonchev–Trinajstić information content (AvgIpc) is 3.38. The van der Waals surface area contributed by atoms with Crippen molar-refractivity contribution in [2.45, 2.75) is 32.4 Å². The molecule has 7 heteroatoms. The van der Waals surface area contributed by atoms with Gasteiger partial charge in [0.05, 0.1) is 6.54 Å². The fraction of sp³-hybridized carbons (Fsp3) is 0.261. The van der Waals surface area contributed by atoms with Crippen molar-refractivity contribution in [3.63, 3.8) is 0 Å². The summed E-state index contributed by atoms with van der Waals surface area (Å²) in [5, 5.41) is 7.22. The number of carbonyl (C=O) groups excluding carboxylic acids is 2. The molecule has 0 fully saturated rings. The van der Waals surface area contributed by atoms with Crippen LogP contribution in [0.15, 0.2) is 48.5 Å². The number of hydrogen-bond acceptors (Lipinski definition) is 3. The SMILES string of the molecule is O=C(Nc1ccc2c(c1)CCC2)c1cc2n(n1)CCN(Cc1ccc(F)cc1)C2=O. The Hall–Kier alpha value is -3.48. The quantitative estimate of drug-likeness (QED) is 0.725. The molecule has 2 aliphatic rings. The summed E-state index contributed by atoms with van der Waals surface area (Å²) >= 11 is 0. The van der Waals surface area contributed by atoms with Gasteiger partial charge in [-0.25, -0.2) is 4.39 Å². The maximum absolute atomic E-state index is 13.1. The molecule has 1 aliphatic heterocycles. The van der Waals surface area contributed by atoms with Crippen LogP contribution in [-0.4, -0.2) is 33.0 Å². The Morgan fingerprint density at radius 2 is 1.83 bits per heavy atom. The minimum Gasteiger partial charge on any atom is -0.331 e. The van der Waals surface area contributed by atoms with Gasteiger partial charge in [0.25, 0.3) is 11.8 Å². The van der Waals surface area contributed by atoms with E-state index in [0.717, 1.165) is 30.5 Å². The third-order valence-electron chi connectivity index (χ3n) is 5.74. The van der Waals surface area contributed by atoms with E-state index in [1.165, 1.54) is 23.3 Å². The summed E-state index contributed by atoms with van der Waals surface area (Å²) in [5.41, 5.74) is 4.84. The van der Waals surface area contributed by atoms with Gasteiger partial charge in [-0.15, -0.1) is 0 Å². The van der Waals surface area contributed by atoms with Crippen molar-refractivity contribution in [1.82, 2.24) is 14.7 Å². The van der Waals surface area contributed by atoms with Crippen LogP contribution in [0.25, 0.3) is 0 Å². The first-order valence-electron chi connectivity index (χ1n) is 10.1. The lowest BCUT2D eigenvalue weighted by Gasteiger charge is -2.27. The Bertz CT molecular complexity index is 1140. The molecule has 152 valence electrons. The maximum atomic E-state index is 13.1. The van der Waals surface area contributed by atoms with E-state index in [1.807, 2.05) is 12.1 Å². The third-order valence-corrected chi connectivity index (χ3v) is 5.74. The molecule has 2 amide bonds. The van der Waals surface area contributed by atoms with Gasteiger partial charge in [-0.05, 0) is 60.2 Å². The molecule has 2 heterocycles. The van der Waals surface area contributed by atoms with Gasteiger partial charge in [0, 0.05) is 24.8 Å². The predicted molar refractivity (Wildman–Crippen MR) is 110 cm³/mol. The number of carbonyl (C=O) groups is 2. The van der Waals surface area contributed by atoms with Crippen LogP contribution in [0.5, 0.6) is 0 Å². The van der Waals surface area contributed by atoms with Crippen molar-refractivity contribution in [2.24, 2.45) is 0 Å². The molecule has 3 aromatic rings. The molecule has 5 rings (SSSR count). The van der Waals surface area contributed by atoms with E-state index in [2.05, 4.69) is 16.5 Å². The summed E-state index contributed by atoms with van der Waals surface area (Å²) in [7, 11) is 0. The van der Waals surface area contributed by atoms with E-state index in [1.54, 1.807) is 27.8 Å². The van der Waals surface area contributed by atoms with Crippen LogP contribution >= 0.6 is 0 Å². The lowest BCUT2D eigenvalue weighted by atomic mass is 10.1. The van der Waals surface area contributed by atoms with Crippen LogP contribution < -0.4 is 5.32 Å². The number of rotatable bonds is 4. The van der Waals surface area contributed by atoms with Crippen molar-refractivity contribution in [1.29, 1.82) is 0 Å². The number of benzene rings is 2. The zero-order valence-electron chi connectivity index (χ0n) is 16.4. The Balaban J connectivity index is 1.31. The molecule has 1 N–H and O–H groups in total. The second-order valence-electron chi connectivity index (χ2n) is 7.78. The summed E-state index contributed by atoms with van der Waals surface area (Å²) in [6.45, 7) is 1.38. The van der Waals surface area contributed by atoms with Crippen LogP contribution in [0.3, 0.4) is 0 Å².